The summed E-state index contributed by atoms with van der Waals surface area (Å²) in [4.78, 5) is 27.9. The Morgan fingerprint density at radius 2 is 1.15 bits per heavy atom. The molecule has 0 fully saturated rings. The number of alkyl halides is 3. The van der Waals surface area contributed by atoms with E-state index in [1.807, 2.05) is 51.1 Å². The van der Waals surface area contributed by atoms with Crippen LogP contribution in [0.4, 0.5) is 22.8 Å². The second kappa shape index (κ2) is 12.0. The smallest absolute Gasteiger partial charge is 0.417 e. The maximum absolute atomic E-state index is 14.3. The number of rotatable bonds is 4. The summed E-state index contributed by atoms with van der Waals surface area (Å²) in [5, 5.41) is 8.52. The molecule has 5 rings (SSSR count). The molecule has 0 unspecified atom stereocenters. The van der Waals surface area contributed by atoms with Crippen LogP contribution in [0.5, 0.6) is 0 Å². The highest BCUT2D eigenvalue weighted by molar-refractivity contribution is 5.80. The number of hydrogen-bond acceptors (Lipinski definition) is 6. The van der Waals surface area contributed by atoms with Crippen molar-refractivity contribution in [3.63, 3.8) is 0 Å². The quantitative estimate of drug-likeness (QED) is 0.296. The molecule has 3 aromatic rings. The van der Waals surface area contributed by atoms with Crippen LogP contribution >= 0.6 is 0 Å². The summed E-state index contributed by atoms with van der Waals surface area (Å²) in [6.07, 6.45) is -1.98. The van der Waals surface area contributed by atoms with Crippen molar-refractivity contribution in [1.82, 2.24) is 24.6 Å². The number of carbonyl (C=O) groups is 2. The molecule has 0 aliphatic carbocycles. The molecule has 2 aliphatic heterocycles. The highest BCUT2D eigenvalue weighted by atomic mass is 19.4. The molecular formula is C34H38F3N5O4. The third-order valence-corrected chi connectivity index (χ3v) is 7.46. The van der Waals surface area contributed by atoms with Crippen LogP contribution in [-0.4, -0.2) is 74.1 Å². The zero-order valence-corrected chi connectivity index (χ0v) is 27.0. The van der Waals surface area contributed by atoms with Crippen molar-refractivity contribution in [3.05, 3.63) is 71.3 Å². The molecule has 244 valence electrons. The van der Waals surface area contributed by atoms with E-state index in [0.29, 0.717) is 24.5 Å². The average Bonchev–Trinajstić information content (AvgIpc) is 3.71. The fourth-order valence-electron chi connectivity index (χ4n) is 5.31. The summed E-state index contributed by atoms with van der Waals surface area (Å²) in [5.74, 6) is 0.764. The molecule has 2 aromatic carbocycles. The van der Waals surface area contributed by atoms with Crippen molar-refractivity contribution < 1.29 is 32.2 Å². The van der Waals surface area contributed by atoms with Crippen molar-refractivity contribution in [2.24, 2.45) is 7.05 Å². The Kier molecular flexibility index (Phi) is 8.52. The van der Waals surface area contributed by atoms with Gasteiger partial charge in [-0.15, -0.1) is 10.2 Å². The second-order valence-electron chi connectivity index (χ2n) is 13.4. The zero-order chi connectivity index (χ0) is 33.6. The van der Waals surface area contributed by atoms with Crippen molar-refractivity contribution in [3.8, 4) is 22.8 Å². The predicted octanol–water partition coefficient (Wildman–Crippen LogP) is 7.44. The summed E-state index contributed by atoms with van der Waals surface area (Å²) in [5.41, 5.74) is 1.22. The van der Waals surface area contributed by atoms with Gasteiger partial charge in [-0.3, -0.25) is 0 Å². The molecule has 3 heterocycles. The maximum Gasteiger partial charge on any atom is 0.417 e. The Balaban J connectivity index is 1.33. The van der Waals surface area contributed by atoms with Crippen LogP contribution in [0.15, 0.2) is 54.6 Å². The van der Waals surface area contributed by atoms with Crippen molar-refractivity contribution in [2.45, 2.75) is 58.9 Å². The number of halogens is 3. The van der Waals surface area contributed by atoms with Crippen LogP contribution in [0.2, 0.25) is 0 Å². The van der Waals surface area contributed by atoms with Crippen LogP contribution in [-0.2, 0) is 22.7 Å². The Hall–Kier alpha value is -4.61. The summed E-state index contributed by atoms with van der Waals surface area (Å²) in [7, 11) is 1.70. The fraction of sp³-hybridized carbons (Fsp3) is 0.412. The first-order chi connectivity index (χ1) is 21.4. The van der Waals surface area contributed by atoms with Gasteiger partial charge in [0.2, 0.25) is 0 Å². The van der Waals surface area contributed by atoms with Gasteiger partial charge < -0.3 is 23.8 Å². The van der Waals surface area contributed by atoms with Gasteiger partial charge in [0.15, 0.2) is 11.6 Å². The number of benzene rings is 2. The first-order valence-electron chi connectivity index (χ1n) is 15.0. The first kappa shape index (κ1) is 32.8. The minimum atomic E-state index is -4.64. The molecule has 9 nitrogen and oxygen atoms in total. The molecule has 12 heteroatoms. The summed E-state index contributed by atoms with van der Waals surface area (Å²) in [6.45, 7) is 11.7. The minimum Gasteiger partial charge on any atom is -0.444 e. The maximum atomic E-state index is 14.3. The van der Waals surface area contributed by atoms with E-state index in [4.69, 9.17) is 9.47 Å². The van der Waals surface area contributed by atoms with E-state index in [1.54, 1.807) is 49.4 Å². The van der Waals surface area contributed by atoms with Crippen LogP contribution in [0.3, 0.4) is 0 Å². The van der Waals surface area contributed by atoms with E-state index >= 15 is 0 Å². The fourth-order valence-corrected chi connectivity index (χ4v) is 5.31. The summed E-state index contributed by atoms with van der Waals surface area (Å²) < 4.78 is 55.5. The lowest BCUT2D eigenvalue weighted by atomic mass is 9.97. The van der Waals surface area contributed by atoms with Gasteiger partial charge in [-0.25, -0.2) is 9.59 Å². The van der Waals surface area contributed by atoms with Crippen molar-refractivity contribution in [1.29, 1.82) is 0 Å². The van der Waals surface area contributed by atoms with Crippen LogP contribution in [0.25, 0.3) is 33.9 Å². The topological polar surface area (TPSA) is 89.8 Å². The van der Waals surface area contributed by atoms with Gasteiger partial charge >= 0.3 is 18.4 Å². The highest BCUT2D eigenvalue weighted by Gasteiger charge is 2.36. The van der Waals surface area contributed by atoms with Crippen LogP contribution in [0, 0.1) is 0 Å². The molecule has 2 aliphatic rings. The Labute approximate surface area is 266 Å². The van der Waals surface area contributed by atoms with Gasteiger partial charge in [0.25, 0.3) is 0 Å². The normalized spacial score (nSPS) is 15.6. The molecule has 0 bridgehead atoms. The summed E-state index contributed by atoms with van der Waals surface area (Å²) >= 11 is 0. The molecule has 0 spiro atoms. The predicted molar refractivity (Wildman–Crippen MR) is 168 cm³/mol. The molecule has 2 amide bonds. The number of aromatic nitrogens is 3. The van der Waals surface area contributed by atoms with E-state index in [-0.39, 0.29) is 36.1 Å². The van der Waals surface area contributed by atoms with Crippen LogP contribution < -0.4 is 0 Å². The van der Waals surface area contributed by atoms with Gasteiger partial charge in [-0.2, -0.15) is 13.2 Å². The molecule has 0 saturated carbocycles. The third-order valence-electron chi connectivity index (χ3n) is 7.46. The van der Waals surface area contributed by atoms with E-state index < -0.39 is 29.0 Å². The van der Waals surface area contributed by atoms with E-state index in [1.165, 1.54) is 11.0 Å². The standard InChI is InChI=1S/C34H38F3N5O4/c1-32(2,3)45-30(43)41-16-14-24(19-41)21-8-10-22(11-9-21)28-38-39-29(40(28)7)23-12-13-26(27(18-23)34(35,36)37)25-15-17-42(20-25)31(44)46-33(4,5)6/h8-15,18H,16-17,19-20H2,1-7H3. The lowest BCUT2D eigenvalue weighted by molar-refractivity contribution is -0.137. The lowest BCUT2D eigenvalue weighted by Gasteiger charge is -2.24. The SMILES string of the molecule is Cn1c(-c2ccc(C3=CCN(C(=O)OC(C)(C)C)C3)cc2)nnc1-c1ccc(C2=CCN(C(=O)OC(C)(C)C)C2)c(C(F)(F)F)c1. The highest BCUT2D eigenvalue weighted by Crippen LogP contribution is 2.39. The average molecular weight is 638 g/mol. The van der Waals surface area contributed by atoms with Gasteiger partial charge in [-0.1, -0.05) is 48.6 Å². The molecule has 1 aromatic heterocycles. The zero-order valence-electron chi connectivity index (χ0n) is 27.0. The van der Waals surface area contributed by atoms with Gasteiger partial charge in [0, 0.05) is 44.4 Å². The molecule has 0 saturated heterocycles. The second-order valence-corrected chi connectivity index (χ2v) is 13.4. The molecule has 0 radical (unpaired) electrons. The lowest BCUT2D eigenvalue weighted by Crippen LogP contribution is -2.35. The number of hydrogen-bond donors (Lipinski definition) is 0. The molecule has 0 N–H and O–H groups in total. The first-order valence-corrected chi connectivity index (χ1v) is 15.0. The summed E-state index contributed by atoms with van der Waals surface area (Å²) in [6, 6.07) is 11.6. The minimum absolute atomic E-state index is 0.00624. The number of carbonyl (C=O) groups excluding carboxylic acids is 2. The van der Waals surface area contributed by atoms with E-state index in [9.17, 15) is 22.8 Å². The number of nitrogens with zero attached hydrogens (tertiary/aromatic N) is 5. The molecule has 46 heavy (non-hydrogen) atoms. The molecule has 0 atom stereocenters. The van der Waals surface area contributed by atoms with Gasteiger partial charge in [-0.05, 0) is 69.9 Å². The third kappa shape index (κ3) is 7.27. The number of amides is 2. The Morgan fingerprint density at radius 1 is 0.696 bits per heavy atom. The van der Waals surface area contributed by atoms with E-state index in [0.717, 1.165) is 22.8 Å². The molecular weight excluding hydrogens is 599 g/mol. The van der Waals surface area contributed by atoms with Crippen molar-refractivity contribution in [2.75, 3.05) is 26.2 Å². The largest absolute Gasteiger partial charge is 0.444 e. The van der Waals surface area contributed by atoms with Gasteiger partial charge in [0.05, 0.1) is 5.56 Å². The van der Waals surface area contributed by atoms with E-state index in [2.05, 4.69) is 10.2 Å². The monoisotopic (exact) mass is 637 g/mol. The van der Waals surface area contributed by atoms with Crippen molar-refractivity contribution >= 4 is 23.3 Å². The Morgan fingerprint density at radius 3 is 1.67 bits per heavy atom. The van der Waals surface area contributed by atoms with Gasteiger partial charge in [0.1, 0.15) is 11.2 Å². The van der Waals surface area contributed by atoms with Crippen LogP contribution in [0.1, 0.15) is 58.2 Å². The Bertz CT molecular complexity index is 1710. The number of ether oxygens (including phenoxy) is 2.